The maximum atomic E-state index is 13.1. The molecule has 36 heavy (non-hydrogen) atoms. The van der Waals surface area contributed by atoms with Gasteiger partial charge < -0.3 is 4.90 Å². The van der Waals surface area contributed by atoms with Gasteiger partial charge in [0.25, 0.3) is 0 Å². The van der Waals surface area contributed by atoms with Gasteiger partial charge in [0.05, 0.1) is 5.69 Å². The first-order valence-electron chi connectivity index (χ1n) is 13.8. The Kier molecular flexibility index (Phi) is 8.28. The first kappa shape index (κ1) is 24.9. The molecule has 1 aliphatic carbocycles. The second-order valence-electron chi connectivity index (χ2n) is 10.8. The molecule has 5 rings (SSSR count). The van der Waals surface area contributed by atoms with Crippen molar-refractivity contribution in [1.82, 2.24) is 9.88 Å². The minimum Gasteiger partial charge on any atom is -0.303 e. The van der Waals surface area contributed by atoms with E-state index in [1.807, 2.05) is 30.5 Å². The average Bonchev–Trinajstić information content (AvgIpc) is 3.12. The number of rotatable bonds is 8. The topological polar surface area (TPSA) is 16.1 Å². The van der Waals surface area contributed by atoms with E-state index in [0.717, 1.165) is 30.5 Å². The fourth-order valence-corrected chi connectivity index (χ4v) is 6.26. The zero-order valence-electron chi connectivity index (χ0n) is 21.4. The van der Waals surface area contributed by atoms with Crippen LogP contribution >= 0.6 is 0 Å². The normalized spacial score (nSPS) is 19.9. The van der Waals surface area contributed by atoms with E-state index in [2.05, 4.69) is 46.8 Å². The monoisotopic (exact) mass is 482 g/mol. The van der Waals surface area contributed by atoms with Gasteiger partial charge in [-0.25, -0.2) is 4.39 Å². The first-order chi connectivity index (χ1) is 17.7. The standard InChI is InChI=1S/C33H39FN2/c1-2-32(33-5-3-4-19-35-33)30-13-12-28-10-6-26(7-11-29(28)24-30)23-27-17-21-36(22-18-27)20-16-25-8-14-31(34)15-9-25/h2-5,8-9,12-15,19,24,26-27,32H,1,6-7,10-11,16-18,20-23H2. The van der Waals surface area contributed by atoms with Crippen LogP contribution in [0.15, 0.2) is 79.5 Å². The second kappa shape index (κ2) is 12.0. The molecule has 3 aromatic rings. The van der Waals surface area contributed by atoms with Crippen molar-refractivity contribution in [2.75, 3.05) is 19.6 Å². The summed E-state index contributed by atoms with van der Waals surface area (Å²) in [4.78, 5) is 7.18. The quantitative estimate of drug-likeness (QED) is 0.246. The van der Waals surface area contributed by atoms with Gasteiger partial charge in [0.1, 0.15) is 5.82 Å². The van der Waals surface area contributed by atoms with Crippen LogP contribution in [0.25, 0.3) is 0 Å². The van der Waals surface area contributed by atoms with Gasteiger partial charge in [0.15, 0.2) is 0 Å². The Morgan fingerprint density at radius 1 is 0.917 bits per heavy atom. The molecule has 0 N–H and O–H groups in total. The van der Waals surface area contributed by atoms with Crippen LogP contribution in [0.3, 0.4) is 0 Å². The van der Waals surface area contributed by atoms with Crippen molar-refractivity contribution < 1.29 is 4.39 Å². The van der Waals surface area contributed by atoms with Crippen LogP contribution in [0.4, 0.5) is 4.39 Å². The lowest BCUT2D eigenvalue weighted by Crippen LogP contribution is -2.35. The van der Waals surface area contributed by atoms with Crippen molar-refractivity contribution in [3.05, 3.63) is 113 Å². The molecule has 2 nitrogen and oxygen atoms in total. The maximum Gasteiger partial charge on any atom is 0.123 e. The third-order valence-corrected chi connectivity index (χ3v) is 8.48. The van der Waals surface area contributed by atoms with Gasteiger partial charge in [-0.15, -0.1) is 6.58 Å². The summed E-state index contributed by atoms with van der Waals surface area (Å²) in [6.07, 6.45) is 14.0. The third-order valence-electron chi connectivity index (χ3n) is 8.48. The Morgan fingerprint density at radius 2 is 1.67 bits per heavy atom. The van der Waals surface area contributed by atoms with Gasteiger partial charge in [0, 0.05) is 18.7 Å². The number of benzene rings is 2. The number of hydrogen-bond acceptors (Lipinski definition) is 2. The highest BCUT2D eigenvalue weighted by Crippen LogP contribution is 2.34. The lowest BCUT2D eigenvalue weighted by molar-refractivity contribution is 0.165. The molecule has 3 heteroatoms. The molecule has 0 radical (unpaired) electrons. The van der Waals surface area contributed by atoms with Crippen molar-refractivity contribution in [2.45, 2.75) is 57.3 Å². The van der Waals surface area contributed by atoms with E-state index in [0.29, 0.717) is 0 Å². The predicted molar refractivity (Wildman–Crippen MR) is 147 cm³/mol. The van der Waals surface area contributed by atoms with Crippen LogP contribution in [0.2, 0.25) is 0 Å². The van der Waals surface area contributed by atoms with Gasteiger partial charge in [-0.2, -0.15) is 0 Å². The lowest BCUT2D eigenvalue weighted by atomic mass is 9.83. The largest absolute Gasteiger partial charge is 0.303 e. The molecule has 0 amide bonds. The summed E-state index contributed by atoms with van der Waals surface area (Å²) in [6, 6.07) is 20.2. The summed E-state index contributed by atoms with van der Waals surface area (Å²) in [7, 11) is 0. The number of fused-ring (bicyclic) bond motifs is 1. The molecule has 1 aliphatic heterocycles. The summed E-state index contributed by atoms with van der Waals surface area (Å²) in [5, 5.41) is 0. The molecule has 2 aromatic carbocycles. The molecule has 1 saturated heterocycles. The lowest BCUT2D eigenvalue weighted by Gasteiger charge is -2.33. The summed E-state index contributed by atoms with van der Waals surface area (Å²) >= 11 is 0. The Morgan fingerprint density at radius 3 is 2.39 bits per heavy atom. The van der Waals surface area contributed by atoms with Crippen molar-refractivity contribution in [3.63, 3.8) is 0 Å². The van der Waals surface area contributed by atoms with E-state index in [-0.39, 0.29) is 11.7 Å². The van der Waals surface area contributed by atoms with Gasteiger partial charge in [-0.3, -0.25) is 4.98 Å². The molecular weight excluding hydrogens is 443 g/mol. The molecule has 0 bridgehead atoms. The highest BCUT2D eigenvalue weighted by Gasteiger charge is 2.24. The number of hydrogen-bond donors (Lipinski definition) is 0. The van der Waals surface area contributed by atoms with Gasteiger partial charge in [0.2, 0.25) is 0 Å². The molecule has 2 unspecified atom stereocenters. The second-order valence-corrected chi connectivity index (χ2v) is 10.8. The molecule has 0 saturated carbocycles. The number of allylic oxidation sites excluding steroid dienone is 1. The van der Waals surface area contributed by atoms with Crippen LogP contribution in [0.5, 0.6) is 0 Å². The Labute approximate surface area is 216 Å². The van der Waals surface area contributed by atoms with E-state index in [9.17, 15) is 4.39 Å². The molecule has 0 spiro atoms. The minimum absolute atomic E-state index is 0.146. The predicted octanol–water partition coefficient (Wildman–Crippen LogP) is 7.38. The SMILES string of the molecule is C=CC(c1ccc2c(c1)CCC(CC1CCN(CCc3ccc(F)cc3)CC1)CC2)c1ccccn1. The van der Waals surface area contributed by atoms with E-state index < -0.39 is 0 Å². The molecule has 1 aromatic heterocycles. The summed E-state index contributed by atoms with van der Waals surface area (Å²) in [5.74, 6) is 1.71. The summed E-state index contributed by atoms with van der Waals surface area (Å²) < 4.78 is 13.1. The fraction of sp³-hybridized carbons (Fsp3) is 0.424. The molecule has 2 aliphatic rings. The average molecular weight is 483 g/mol. The van der Waals surface area contributed by atoms with Gasteiger partial charge in [-0.05, 0) is 123 Å². The molecule has 2 atom stereocenters. The Bertz CT molecular complexity index is 1120. The van der Waals surface area contributed by atoms with Crippen LogP contribution < -0.4 is 0 Å². The van der Waals surface area contributed by atoms with Crippen molar-refractivity contribution in [1.29, 1.82) is 0 Å². The number of likely N-dealkylation sites (tertiary alicyclic amines) is 1. The number of nitrogens with zero attached hydrogens (tertiary/aromatic N) is 2. The number of aromatic nitrogens is 1. The van der Waals surface area contributed by atoms with E-state index >= 15 is 0 Å². The summed E-state index contributed by atoms with van der Waals surface area (Å²) in [6.45, 7) is 7.60. The number of piperidine rings is 1. The smallest absolute Gasteiger partial charge is 0.123 e. The van der Waals surface area contributed by atoms with Crippen molar-refractivity contribution >= 4 is 0 Å². The van der Waals surface area contributed by atoms with Gasteiger partial charge >= 0.3 is 0 Å². The van der Waals surface area contributed by atoms with E-state index in [4.69, 9.17) is 0 Å². The molecular formula is C33H39FN2. The summed E-state index contributed by atoms with van der Waals surface area (Å²) in [5.41, 5.74) is 6.70. The highest BCUT2D eigenvalue weighted by molar-refractivity contribution is 5.40. The Hall–Kier alpha value is -2.78. The van der Waals surface area contributed by atoms with Crippen molar-refractivity contribution in [3.8, 4) is 0 Å². The fourth-order valence-electron chi connectivity index (χ4n) is 6.26. The van der Waals surface area contributed by atoms with Crippen LogP contribution in [0, 0.1) is 17.7 Å². The van der Waals surface area contributed by atoms with Crippen molar-refractivity contribution in [2.24, 2.45) is 11.8 Å². The van der Waals surface area contributed by atoms with E-state index in [1.165, 1.54) is 74.7 Å². The zero-order valence-corrected chi connectivity index (χ0v) is 21.4. The van der Waals surface area contributed by atoms with Crippen LogP contribution in [-0.4, -0.2) is 29.5 Å². The molecule has 1 fully saturated rings. The maximum absolute atomic E-state index is 13.1. The van der Waals surface area contributed by atoms with Crippen LogP contribution in [0.1, 0.15) is 66.0 Å². The molecule has 2 heterocycles. The third kappa shape index (κ3) is 6.31. The highest BCUT2D eigenvalue weighted by atomic mass is 19.1. The number of pyridine rings is 1. The first-order valence-corrected chi connectivity index (χ1v) is 13.8. The van der Waals surface area contributed by atoms with Crippen LogP contribution in [-0.2, 0) is 19.3 Å². The van der Waals surface area contributed by atoms with Gasteiger partial charge in [-0.1, -0.05) is 42.5 Å². The Balaban J connectivity index is 1.11. The minimum atomic E-state index is -0.146. The molecule has 188 valence electrons. The zero-order chi connectivity index (χ0) is 24.7. The van der Waals surface area contributed by atoms with E-state index in [1.54, 1.807) is 17.7 Å². The number of aryl methyl sites for hydroxylation is 2. The number of halogens is 1.